The molecule has 0 radical (unpaired) electrons. The highest BCUT2D eigenvalue weighted by Crippen LogP contribution is 2.38. The minimum absolute atomic E-state index is 0.198. The van der Waals surface area contributed by atoms with E-state index in [9.17, 15) is 9.90 Å². The average Bonchev–Trinajstić information content (AvgIpc) is 2.70. The summed E-state index contributed by atoms with van der Waals surface area (Å²) in [6.45, 7) is 0. The van der Waals surface area contributed by atoms with Gasteiger partial charge in [0.2, 0.25) is 0 Å². The largest absolute Gasteiger partial charge is 0.464 e. The third-order valence-electron chi connectivity index (χ3n) is 4.02. The third kappa shape index (κ3) is 2.16. The molecule has 2 unspecified atom stereocenters. The molecule has 2 bridgehead atoms. The molecule has 1 N–H and O–H groups in total. The monoisotopic (exact) mass is 263 g/mol. The van der Waals surface area contributed by atoms with E-state index < -0.39 is 5.97 Å². The molecule has 0 saturated carbocycles. The summed E-state index contributed by atoms with van der Waals surface area (Å²) in [5.41, 5.74) is 0.218. The first-order chi connectivity index (χ1) is 9.19. The van der Waals surface area contributed by atoms with E-state index in [4.69, 9.17) is 0 Å². The van der Waals surface area contributed by atoms with Gasteiger partial charge in [0.25, 0.3) is 0 Å². The number of fused-ring (bicyclic) bond motifs is 2. The minimum atomic E-state index is -0.476. The van der Waals surface area contributed by atoms with Crippen LogP contribution in [0.1, 0.15) is 36.2 Å². The molecule has 2 aliphatic rings. The third-order valence-corrected chi connectivity index (χ3v) is 4.02. The van der Waals surface area contributed by atoms with Crippen molar-refractivity contribution in [3.8, 4) is 0 Å². The lowest BCUT2D eigenvalue weighted by Gasteiger charge is -2.37. The van der Waals surface area contributed by atoms with Crippen molar-refractivity contribution >= 4 is 11.8 Å². The van der Waals surface area contributed by atoms with Crippen LogP contribution in [0.3, 0.4) is 0 Å². The van der Waals surface area contributed by atoms with Crippen LogP contribution in [0.5, 0.6) is 0 Å². The summed E-state index contributed by atoms with van der Waals surface area (Å²) in [7, 11) is 1.32. The fourth-order valence-corrected chi connectivity index (χ4v) is 3.20. The Morgan fingerprint density at radius 3 is 2.53 bits per heavy atom. The predicted octanol–water partition coefficient (Wildman–Crippen LogP) is 0.755. The summed E-state index contributed by atoms with van der Waals surface area (Å²) in [5.74, 6) is 0.308. The zero-order valence-electron chi connectivity index (χ0n) is 10.8. The summed E-state index contributed by atoms with van der Waals surface area (Å²) in [4.78, 5) is 13.6. The normalized spacial score (nSPS) is 29.4. The van der Waals surface area contributed by atoms with Crippen LogP contribution in [-0.2, 0) is 4.74 Å². The number of piperidine rings is 1. The van der Waals surface area contributed by atoms with Crippen LogP contribution in [0.25, 0.3) is 0 Å². The van der Waals surface area contributed by atoms with E-state index in [-0.39, 0.29) is 11.8 Å². The van der Waals surface area contributed by atoms with Gasteiger partial charge in [-0.2, -0.15) is 0 Å². The maximum absolute atomic E-state index is 11.3. The van der Waals surface area contributed by atoms with Crippen molar-refractivity contribution < 1.29 is 14.6 Å². The van der Waals surface area contributed by atoms with Crippen LogP contribution in [0.15, 0.2) is 12.1 Å². The number of aliphatic hydroxyl groups excluding tert-OH is 1. The molecule has 1 aromatic rings. The number of anilines is 1. The molecule has 0 spiro atoms. The Balaban J connectivity index is 1.81. The maximum atomic E-state index is 11.3. The second kappa shape index (κ2) is 4.77. The van der Waals surface area contributed by atoms with Gasteiger partial charge >= 0.3 is 5.97 Å². The van der Waals surface area contributed by atoms with Gasteiger partial charge in [0.1, 0.15) is 0 Å². The van der Waals surface area contributed by atoms with Gasteiger partial charge < -0.3 is 14.7 Å². The molecule has 0 aromatic carbocycles. The van der Waals surface area contributed by atoms with Gasteiger partial charge in [0.15, 0.2) is 11.5 Å². The minimum Gasteiger partial charge on any atom is -0.464 e. The lowest BCUT2D eigenvalue weighted by molar-refractivity contribution is 0.0592. The van der Waals surface area contributed by atoms with Crippen molar-refractivity contribution in [3.05, 3.63) is 17.8 Å². The number of esters is 1. The van der Waals surface area contributed by atoms with E-state index >= 15 is 0 Å². The highest BCUT2D eigenvalue weighted by molar-refractivity contribution is 5.87. The molecular weight excluding hydrogens is 246 g/mol. The quantitative estimate of drug-likeness (QED) is 0.794. The molecule has 2 atom stereocenters. The van der Waals surface area contributed by atoms with Crippen molar-refractivity contribution in [2.75, 3.05) is 12.0 Å². The van der Waals surface area contributed by atoms with E-state index in [0.717, 1.165) is 31.5 Å². The average molecular weight is 263 g/mol. The number of aromatic nitrogens is 2. The van der Waals surface area contributed by atoms with E-state index in [2.05, 4.69) is 19.8 Å². The fourth-order valence-electron chi connectivity index (χ4n) is 3.20. The van der Waals surface area contributed by atoms with Crippen molar-refractivity contribution in [1.29, 1.82) is 0 Å². The van der Waals surface area contributed by atoms with Gasteiger partial charge in [-0.15, -0.1) is 10.2 Å². The summed E-state index contributed by atoms with van der Waals surface area (Å²) in [6, 6.07) is 4.13. The van der Waals surface area contributed by atoms with Crippen molar-refractivity contribution in [2.24, 2.45) is 0 Å². The van der Waals surface area contributed by atoms with Crippen molar-refractivity contribution in [2.45, 2.75) is 43.9 Å². The zero-order chi connectivity index (χ0) is 13.4. The predicted molar refractivity (Wildman–Crippen MR) is 67.9 cm³/mol. The number of ether oxygens (including phenoxy) is 1. The van der Waals surface area contributed by atoms with Crippen LogP contribution < -0.4 is 4.90 Å². The van der Waals surface area contributed by atoms with E-state index in [0.29, 0.717) is 12.1 Å². The number of rotatable bonds is 2. The molecule has 3 rings (SSSR count). The molecular formula is C13H17N3O3. The molecule has 6 nitrogen and oxygen atoms in total. The molecule has 1 aromatic heterocycles. The first-order valence-electron chi connectivity index (χ1n) is 6.57. The van der Waals surface area contributed by atoms with E-state index in [1.807, 2.05) is 6.07 Å². The van der Waals surface area contributed by atoms with E-state index in [1.165, 1.54) is 7.11 Å². The lowest BCUT2D eigenvalue weighted by Crippen LogP contribution is -2.45. The topological polar surface area (TPSA) is 75.5 Å². The van der Waals surface area contributed by atoms with Crippen LogP contribution in [0, 0.1) is 0 Å². The lowest BCUT2D eigenvalue weighted by atomic mass is 10.00. The Hall–Kier alpha value is -1.69. The molecule has 2 saturated heterocycles. The number of methoxy groups -OCH3 is 1. The summed E-state index contributed by atoms with van der Waals surface area (Å²) in [6.07, 6.45) is 3.55. The molecule has 3 heterocycles. The van der Waals surface area contributed by atoms with Crippen molar-refractivity contribution in [1.82, 2.24) is 10.2 Å². The van der Waals surface area contributed by atoms with Crippen LogP contribution in [0.2, 0.25) is 0 Å². The molecule has 6 heteroatoms. The van der Waals surface area contributed by atoms with Gasteiger partial charge in [-0.1, -0.05) is 0 Å². The summed E-state index contributed by atoms with van der Waals surface area (Å²) >= 11 is 0. The van der Waals surface area contributed by atoms with Crippen LogP contribution >= 0.6 is 0 Å². The van der Waals surface area contributed by atoms with Gasteiger partial charge in [-0.25, -0.2) is 4.79 Å². The second-order valence-corrected chi connectivity index (χ2v) is 5.19. The SMILES string of the molecule is COC(=O)c1ccc(N2C3CCC2CC(O)C3)nn1. The van der Waals surface area contributed by atoms with Gasteiger partial charge in [0, 0.05) is 12.1 Å². The molecule has 0 amide bonds. The highest BCUT2D eigenvalue weighted by Gasteiger charge is 2.40. The summed E-state index contributed by atoms with van der Waals surface area (Å²) < 4.78 is 4.60. The first-order valence-corrected chi connectivity index (χ1v) is 6.57. The maximum Gasteiger partial charge on any atom is 0.358 e. The Morgan fingerprint density at radius 2 is 2.00 bits per heavy atom. The van der Waals surface area contributed by atoms with Crippen molar-refractivity contribution in [3.63, 3.8) is 0 Å². The number of nitrogens with zero attached hydrogens (tertiary/aromatic N) is 3. The number of carbonyl (C=O) groups is 1. The number of hydrogen-bond donors (Lipinski definition) is 1. The molecule has 102 valence electrons. The summed E-state index contributed by atoms with van der Waals surface area (Å²) in [5, 5.41) is 17.8. The molecule has 0 aliphatic carbocycles. The number of hydrogen-bond acceptors (Lipinski definition) is 6. The Morgan fingerprint density at radius 1 is 1.32 bits per heavy atom. The number of aliphatic hydroxyl groups is 1. The fraction of sp³-hybridized carbons (Fsp3) is 0.615. The van der Waals surface area contributed by atoms with Gasteiger partial charge in [-0.3, -0.25) is 0 Å². The molecule has 2 fully saturated rings. The highest BCUT2D eigenvalue weighted by atomic mass is 16.5. The number of carbonyl (C=O) groups excluding carboxylic acids is 1. The smallest absolute Gasteiger partial charge is 0.358 e. The van der Waals surface area contributed by atoms with Crippen LogP contribution in [-0.4, -0.2) is 46.6 Å². The van der Waals surface area contributed by atoms with Crippen LogP contribution in [0.4, 0.5) is 5.82 Å². The Bertz CT molecular complexity index is 463. The van der Waals surface area contributed by atoms with E-state index in [1.54, 1.807) is 6.07 Å². The zero-order valence-corrected chi connectivity index (χ0v) is 10.8. The van der Waals surface area contributed by atoms with Gasteiger partial charge in [-0.05, 0) is 37.8 Å². The molecule has 2 aliphatic heterocycles. The second-order valence-electron chi connectivity index (χ2n) is 5.19. The molecule has 19 heavy (non-hydrogen) atoms. The standard InChI is InChI=1S/C13H17N3O3/c1-19-13(18)11-4-5-12(15-14-11)16-8-2-3-9(16)7-10(17)6-8/h4-5,8-10,17H,2-3,6-7H2,1H3. The van der Waals surface area contributed by atoms with Gasteiger partial charge in [0.05, 0.1) is 13.2 Å². The first kappa shape index (κ1) is 12.3. The Labute approximate surface area is 111 Å². The Kier molecular flexibility index (Phi) is 3.10.